The minimum atomic E-state index is -0.858. The van der Waals surface area contributed by atoms with Gasteiger partial charge in [-0.15, -0.1) is 11.3 Å². The highest BCUT2D eigenvalue weighted by atomic mass is 32.1. The SMILES string of the molecule is Cc1cc(NC(=O)C(=O)NCc2ccc(C(O)c3ccco3)s2)no1. The maximum atomic E-state index is 11.8. The Bertz CT molecular complexity index is 868. The maximum absolute atomic E-state index is 11.8. The number of amides is 2. The molecule has 3 aromatic heterocycles. The standard InChI is InChI=1S/C16H15N3O5S/c1-9-7-13(19-24-9)18-16(22)15(21)17-8-10-4-5-12(25-10)14(20)11-3-2-6-23-11/h2-7,14,20H,8H2,1H3,(H,17,21)(H,18,19,22). The summed E-state index contributed by atoms with van der Waals surface area (Å²) in [5.74, 6) is -0.475. The Morgan fingerprint density at radius 2 is 2.16 bits per heavy atom. The second kappa shape index (κ2) is 7.32. The molecule has 1 unspecified atom stereocenters. The van der Waals surface area contributed by atoms with E-state index in [2.05, 4.69) is 15.8 Å². The molecule has 0 saturated heterocycles. The highest BCUT2D eigenvalue weighted by molar-refractivity contribution is 7.12. The molecule has 0 aliphatic heterocycles. The second-order valence-electron chi connectivity index (χ2n) is 5.18. The van der Waals surface area contributed by atoms with Crippen molar-refractivity contribution in [3.8, 4) is 0 Å². The van der Waals surface area contributed by atoms with Gasteiger partial charge in [0.2, 0.25) is 0 Å². The van der Waals surface area contributed by atoms with Crippen LogP contribution in [0.2, 0.25) is 0 Å². The predicted molar refractivity (Wildman–Crippen MR) is 88.8 cm³/mol. The van der Waals surface area contributed by atoms with E-state index in [4.69, 9.17) is 8.94 Å². The molecule has 130 valence electrons. The maximum Gasteiger partial charge on any atom is 0.314 e. The molecule has 3 aromatic rings. The first kappa shape index (κ1) is 16.9. The van der Waals surface area contributed by atoms with Crippen LogP contribution in [0.1, 0.15) is 27.4 Å². The molecule has 0 aliphatic carbocycles. The largest absolute Gasteiger partial charge is 0.466 e. The summed E-state index contributed by atoms with van der Waals surface area (Å²) in [5, 5.41) is 18.6. The van der Waals surface area contributed by atoms with E-state index in [1.807, 2.05) is 0 Å². The van der Waals surface area contributed by atoms with Crippen molar-refractivity contribution in [2.24, 2.45) is 0 Å². The number of carbonyl (C=O) groups excluding carboxylic acids is 2. The third-order valence-electron chi connectivity index (χ3n) is 3.26. The van der Waals surface area contributed by atoms with Crippen LogP contribution < -0.4 is 10.6 Å². The molecule has 0 spiro atoms. The third kappa shape index (κ3) is 4.14. The Balaban J connectivity index is 1.53. The Labute approximate surface area is 146 Å². The zero-order chi connectivity index (χ0) is 17.8. The Morgan fingerprint density at radius 1 is 1.32 bits per heavy atom. The summed E-state index contributed by atoms with van der Waals surface area (Å²) < 4.78 is 9.97. The van der Waals surface area contributed by atoms with E-state index in [1.165, 1.54) is 23.7 Å². The zero-order valence-corrected chi connectivity index (χ0v) is 14.0. The van der Waals surface area contributed by atoms with Crippen LogP contribution in [0.5, 0.6) is 0 Å². The van der Waals surface area contributed by atoms with Gasteiger partial charge in [-0.3, -0.25) is 14.9 Å². The first-order valence-corrected chi connectivity index (χ1v) is 8.17. The molecule has 25 heavy (non-hydrogen) atoms. The summed E-state index contributed by atoms with van der Waals surface area (Å²) in [4.78, 5) is 25.0. The van der Waals surface area contributed by atoms with Crippen molar-refractivity contribution < 1.29 is 23.6 Å². The van der Waals surface area contributed by atoms with Gasteiger partial charge in [-0.25, -0.2) is 0 Å². The van der Waals surface area contributed by atoms with Crippen molar-refractivity contribution >= 4 is 29.0 Å². The lowest BCUT2D eigenvalue weighted by Crippen LogP contribution is -2.34. The minimum Gasteiger partial charge on any atom is -0.466 e. The molecule has 0 aromatic carbocycles. The van der Waals surface area contributed by atoms with Gasteiger partial charge in [0, 0.05) is 15.8 Å². The summed E-state index contributed by atoms with van der Waals surface area (Å²) in [6.07, 6.45) is 0.630. The summed E-state index contributed by atoms with van der Waals surface area (Å²) in [6.45, 7) is 1.84. The fourth-order valence-corrected chi connectivity index (χ4v) is 3.02. The number of aliphatic hydroxyl groups is 1. The number of anilines is 1. The van der Waals surface area contributed by atoms with E-state index in [0.29, 0.717) is 16.4 Å². The monoisotopic (exact) mass is 361 g/mol. The molecule has 0 fully saturated rings. The number of thiophene rings is 1. The van der Waals surface area contributed by atoms with Crippen LogP contribution in [0.15, 0.2) is 45.5 Å². The van der Waals surface area contributed by atoms with Gasteiger partial charge >= 0.3 is 11.8 Å². The van der Waals surface area contributed by atoms with E-state index < -0.39 is 17.9 Å². The number of aliphatic hydroxyl groups excluding tert-OH is 1. The molecule has 8 nitrogen and oxygen atoms in total. The Kier molecular flexibility index (Phi) is 4.96. The molecule has 3 rings (SSSR count). The van der Waals surface area contributed by atoms with Crippen LogP contribution in [0.25, 0.3) is 0 Å². The number of nitrogens with zero attached hydrogens (tertiary/aromatic N) is 1. The molecule has 1 atom stereocenters. The van der Waals surface area contributed by atoms with Crippen LogP contribution in [0.3, 0.4) is 0 Å². The fourth-order valence-electron chi connectivity index (χ4n) is 2.07. The zero-order valence-electron chi connectivity index (χ0n) is 13.2. The predicted octanol–water partition coefficient (Wildman–Crippen LogP) is 1.97. The number of rotatable bonds is 5. The summed E-state index contributed by atoms with van der Waals surface area (Å²) in [5.41, 5.74) is 0. The van der Waals surface area contributed by atoms with Crippen molar-refractivity contribution in [3.63, 3.8) is 0 Å². The minimum absolute atomic E-state index is 0.166. The number of furan rings is 1. The lowest BCUT2D eigenvalue weighted by Gasteiger charge is -2.04. The molecule has 3 heterocycles. The third-order valence-corrected chi connectivity index (χ3v) is 4.40. The van der Waals surface area contributed by atoms with Gasteiger partial charge in [0.15, 0.2) is 5.82 Å². The van der Waals surface area contributed by atoms with Gasteiger partial charge in [-0.1, -0.05) is 5.16 Å². The molecule has 2 amide bonds. The van der Waals surface area contributed by atoms with Crippen molar-refractivity contribution in [1.29, 1.82) is 0 Å². The van der Waals surface area contributed by atoms with Crippen molar-refractivity contribution in [1.82, 2.24) is 10.5 Å². The molecular formula is C16H15N3O5S. The Morgan fingerprint density at radius 3 is 2.84 bits per heavy atom. The fraction of sp³-hybridized carbons (Fsp3) is 0.188. The van der Waals surface area contributed by atoms with Crippen LogP contribution >= 0.6 is 11.3 Å². The first-order valence-electron chi connectivity index (χ1n) is 7.35. The lowest BCUT2D eigenvalue weighted by molar-refractivity contribution is -0.136. The quantitative estimate of drug-likeness (QED) is 0.598. The summed E-state index contributed by atoms with van der Waals surface area (Å²) in [6, 6.07) is 8.40. The van der Waals surface area contributed by atoms with Crippen LogP contribution in [0.4, 0.5) is 5.82 Å². The van der Waals surface area contributed by atoms with E-state index in [0.717, 1.165) is 4.88 Å². The van der Waals surface area contributed by atoms with Gasteiger partial charge in [0.05, 0.1) is 12.8 Å². The van der Waals surface area contributed by atoms with E-state index in [-0.39, 0.29) is 12.4 Å². The molecule has 0 bridgehead atoms. The number of aryl methyl sites for hydroxylation is 1. The van der Waals surface area contributed by atoms with Gasteiger partial charge in [-0.2, -0.15) is 0 Å². The van der Waals surface area contributed by atoms with Gasteiger partial charge in [0.25, 0.3) is 0 Å². The van der Waals surface area contributed by atoms with Gasteiger partial charge in [0.1, 0.15) is 17.6 Å². The lowest BCUT2D eigenvalue weighted by atomic mass is 10.2. The van der Waals surface area contributed by atoms with Gasteiger partial charge in [-0.05, 0) is 31.2 Å². The number of nitrogens with one attached hydrogen (secondary N) is 2. The molecule has 0 aliphatic rings. The summed E-state index contributed by atoms with van der Waals surface area (Å²) in [7, 11) is 0. The van der Waals surface area contributed by atoms with Crippen LogP contribution in [-0.4, -0.2) is 22.1 Å². The Hall–Kier alpha value is -2.91. The second-order valence-corrected chi connectivity index (χ2v) is 6.38. The van der Waals surface area contributed by atoms with Crippen LogP contribution in [0, 0.1) is 6.92 Å². The number of aromatic nitrogens is 1. The normalized spacial score (nSPS) is 11.9. The topological polar surface area (TPSA) is 118 Å². The molecule has 0 saturated carbocycles. The number of hydrogen-bond donors (Lipinski definition) is 3. The number of hydrogen-bond acceptors (Lipinski definition) is 7. The smallest absolute Gasteiger partial charge is 0.314 e. The average Bonchev–Trinajstić information content (AvgIpc) is 3.34. The van der Waals surface area contributed by atoms with E-state index in [1.54, 1.807) is 31.2 Å². The summed E-state index contributed by atoms with van der Waals surface area (Å²) >= 11 is 1.32. The van der Waals surface area contributed by atoms with E-state index in [9.17, 15) is 14.7 Å². The van der Waals surface area contributed by atoms with E-state index >= 15 is 0 Å². The molecule has 9 heteroatoms. The molecule has 0 radical (unpaired) electrons. The number of carbonyl (C=O) groups is 2. The highest BCUT2D eigenvalue weighted by Crippen LogP contribution is 2.28. The van der Waals surface area contributed by atoms with Crippen molar-refractivity contribution in [3.05, 3.63) is 57.9 Å². The van der Waals surface area contributed by atoms with Crippen molar-refractivity contribution in [2.75, 3.05) is 5.32 Å². The van der Waals surface area contributed by atoms with Crippen LogP contribution in [-0.2, 0) is 16.1 Å². The average molecular weight is 361 g/mol. The highest BCUT2D eigenvalue weighted by Gasteiger charge is 2.18. The van der Waals surface area contributed by atoms with Crippen molar-refractivity contribution in [2.45, 2.75) is 19.6 Å². The molecular weight excluding hydrogens is 346 g/mol. The molecule has 3 N–H and O–H groups in total. The first-order chi connectivity index (χ1) is 12.0. The van der Waals surface area contributed by atoms with Gasteiger partial charge < -0.3 is 19.4 Å².